The minimum Gasteiger partial charge on any atom is -0.297 e. The number of fused-ring (bicyclic) bond motifs is 1. The molecule has 4 heteroatoms. The van der Waals surface area contributed by atoms with E-state index in [1.807, 2.05) is 0 Å². The van der Waals surface area contributed by atoms with E-state index in [2.05, 4.69) is 40.2 Å². The first-order chi connectivity index (χ1) is 9.35. The zero-order valence-electron chi connectivity index (χ0n) is 10.8. The van der Waals surface area contributed by atoms with Gasteiger partial charge in [0.2, 0.25) is 0 Å². The van der Waals surface area contributed by atoms with Gasteiger partial charge in [0.15, 0.2) is 0 Å². The molecule has 2 aromatic rings. The predicted octanol–water partition coefficient (Wildman–Crippen LogP) is 3.48. The Morgan fingerprint density at radius 1 is 1.26 bits per heavy atom. The highest BCUT2D eigenvalue weighted by Gasteiger charge is 2.19. The van der Waals surface area contributed by atoms with E-state index in [1.54, 1.807) is 11.3 Å². The number of hydrogen-bond acceptors (Lipinski definition) is 3. The maximum absolute atomic E-state index is 5.86. The van der Waals surface area contributed by atoms with Gasteiger partial charge in [-0.1, -0.05) is 30.3 Å². The molecule has 1 aromatic carbocycles. The molecule has 3 rings (SSSR count). The van der Waals surface area contributed by atoms with Crippen molar-refractivity contribution in [2.45, 2.75) is 25.3 Å². The summed E-state index contributed by atoms with van der Waals surface area (Å²) >= 11 is 7.63. The Hall–Kier alpha value is -0.900. The normalized spacial score (nSPS) is 15.4. The molecule has 0 saturated heterocycles. The smallest absolute Gasteiger partial charge is 0.108 e. The summed E-state index contributed by atoms with van der Waals surface area (Å²) in [5.41, 5.74) is 2.69. The van der Waals surface area contributed by atoms with Crippen LogP contribution < -0.4 is 0 Å². The lowest BCUT2D eigenvalue weighted by molar-refractivity contribution is 0.259. The van der Waals surface area contributed by atoms with Gasteiger partial charge in [-0.2, -0.15) is 0 Å². The van der Waals surface area contributed by atoms with Crippen LogP contribution in [-0.4, -0.2) is 23.0 Å². The summed E-state index contributed by atoms with van der Waals surface area (Å²) in [5, 5.41) is 1.07. The highest BCUT2D eigenvalue weighted by atomic mass is 35.5. The summed E-state index contributed by atoms with van der Waals surface area (Å²) in [6.07, 6.45) is 2.19. The van der Waals surface area contributed by atoms with Gasteiger partial charge in [0.05, 0.1) is 11.6 Å². The minimum absolute atomic E-state index is 0.543. The maximum atomic E-state index is 5.86. The number of hydrogen-bond donors (Lipinski definition) is 0. The molecule has 100 valence electrons. The lowest BCUT2D eigenvalue weighted by Crippen LogP contribution is -2.31. The average Bonchev–Trinajstić information content (AvgIpc) is 2.88. The lowest BCUT2D eigenvalue weighted by Gasteiger charge is -2.25. The van der Waals surface area contributed by atoms with Crippen molar-refractivity contribution < 1.29 is 0 Å². The van der Waals surface area contributed by atoms with Crippen LogP contribution in [0.3, 0.4) is 0 Å². The van der Waals surface area contributed by atoms with E-state index in [-0.39, 0.29) is 0 Å². The van der Waals surface area contributed by atoms with Crippen LogP contribution in [-0.2, 0) is 25.3 Å². The van der Waals surface area contributed by atoms with Gasteiger partial charge >= 0.3 is 0 Å². The SMILES string of the molecule is ClCc1nc2c(s1)CN(CCc1ccccc1)CC2. The van der Waals surface area contributed by atoms with E-state index in [0.717, 1.165) is 37.5 Å². The summed E-state index contributed by atoms with van der Waals surface area (Å²) in [5.74, 6) is 0.543. The molecule has 0 amide bonds. The van der Waals surface area contributed by atoms with Crippen molar-refractivity contribution in [2.75, 3.05) is 13.1 Å². The molecule has 1 aliphatic rings. The van der Waals surface area contributed by atoms with Gasteiger partial charge in [0.25, 0.3) is 0 Å². The van der Waals surface area contributed by atoms with Gasteiger partial charge in [0.1, 0.15) is 5.01 Å². The average molecular weight is 293 g/mol. The Kier molecular flexibility index (Phi) is 4.16. The topological polar surface area (TPSA) is 16.1 Å². The van der Waals surface area contributed by atoms with Gasteiger partial charge in [0, 0.05) is 30.9 Å². The second-order valence-electron chi connectivity index (χ2n) is 4.87. The van der Waals surface area contributed by atoms with Crippen molar-refractivity contribution in [3.63, 3.8) is 0 Å². The fourth-order valence-electron chi connectivity index (χ4n) is 2.48. The molecule has 0 atom stereocenters. The predicted molar refractivity (Wildman–Crippen MR) is 80.8 cm³/mol. The van der Waals surface area contributed by atoms with Crippen molar-refractivity contribution in [1.29, 1.82) is 0 Å². The van der Waals surface area contributed by atoms with E-state index in [9.17, 15) is 0 Å². The van der Waals surface area contributed by atoms with E-state index in [1.165, 1.54) is 16.1 Å². The molecule has 1 aliphatic heterocycles. The van der Waals surface area contributed by atoms with Crippen molar-refractivity contribution in [2.24, 2.45) is 0 Å². The van der Waals surface area contributed by atoms with Crippen molar-refractivity contribution in [1.82, 2.24) is 9.88 Å². The highest BCUT2D eigenvalue weighted by Crippen LogP contribution is 2.26. The van der Waals surface area contributed by atoms with Crippen molar-refractivity contribution in [3.8, 4) is 0 Å². The van der Waals surface area contributed by atoms with Crippen LogP contribution in [0.15, 0.2) is 30.3 Å². The van der Waals surface area contributed by atoms with Crippen LogP contribution >= 0.6 is 22.9 Å². The Balaban J connectivity index is 1.59. The first kappa shape index (κ1) is 13.1. The first-order valence-electron chi connectivity index (χ1n) is 6.65. The molecular weight excluding hydrogens is 276 g/mol. The second-order valence-corrected chi connectivity index (χ2v) is 6.31. The number of rotatable bonds is 4. The van der Waals surface area contributed by atoms with Crippen LogP contribution in [0.1, 0.15) is 21.1 Å². The molecule has 2 nitrogen and oxygen atoms in total. The molecular formula is C15H17ClN2S. The van der Waals surface area contributed by atoms with Crippen molar-refractivity contribution >= 4 is 22.9 Å². The molecule has 19 heavy (non-hydrogen) atoms. The van der Waals surface area contributed by atoms with Gasteiger partial charge in [-0.3, -0.25) is 4.90 Å². The van der Waals surface area contributed by atoms with E-state index in [4.69, 9.17) is 11.6 Å². The summed E-state index contributed by atoms with van der Waals surface area (Å²) in [6.45, 7) is 3.28. The van der Waals surface area contributed by atoms with Crippen LogP contribution in [0.5, 0.6) is 0 Å². The fourth-order valence-corrected chi connectivity index (χ4v) is 3.71. The Morgan fingerprint density at radius 2 is 2.11 bits per heavy atom. The molecule has 0 fully saturated rings. The molecule has 1 aromatic heterocycles. The molecule has 0 bridgehead atoms. The van der Waals surface area contributed by atoms with E-state index >= 15 is 0 Å². The quantitative estimate of drug-likeness (QED) is 0.802. The van der Waals surface area contributed by atoms with Crippen molar-refractivity contribution in [3.05, 3.63) is 51.5 Å². The largest absolute Gasteiger partial charge is 0.297 e. The van der Waals surface area contributed by atoms with Crippen LogP contribution in [0, 0.1) is 0 Å². The number of benzene rings is 1. The summed E-state index contributed by atoms with van der Waals surface area (Å²) in [7, 11) is 0. The Labute approximate surface area is 123 Å². The van der Waals surface area contributed by atoms with Gasteiger partial charge < -0.3 is 0 Å². The first-order valence-corrected chi connectivity index (χ1v) is 8.00. The van der Waals surface area contributed by atoms with Crippen LogP contribution in [0.25, 0.3) is 0 Å². The van der Waals surface area contributed by atoms with E-state index < -0.39 is 0 Å². The van der Waals surface area contributed by atoms with Gasteiger partial charge in [-0.25, -0.2) is 4.98 Å². The number of nitrogens with zero attached hydrogens (tertiary/aromatic N) is 2. The number of thiazole rings is 1. The molecule has 2 heterocycles. The maximum Gasteiger partial charge on any atom is 0.108 e. The monoisotopic (exact) mass is 292 g/mol. The third-order valence-corrected chi connectivity index (χ3v) is 5.02. The van der Waals surface area contributed by atoms with Crippen LogP contribution in [0.4, 0.5) is 0 Å². The zero-order chi connectivity index (χ0) is 13.1. The summed E-state index contributed by atoms with van der Waals surface area (Å²) in [6, 6.07) is 10.7. The van der Waals surface area contributed by atoms with Gasteiger partial charge in [-0.15, -0.1) is 22.9 Å². The molecule has 0 radical (unpaired) electrons. The number of halogens is 1. The third kappa shape index (κ3) is 3.16. The number of aromatic nitrogens is 1. The second kappa shape index (κ2) is 6.04. The number of alkyl halides is 1. The van der Waals surface area contributed by atoms with Gasteiger partial charge in [-0.05, 0) is 12.0 Å². The molecule has 0 unspecified atom stereocenters. The zero-order valence-corrected chi connectivity index (χ0v) is 12.4. The lowest BCUT2D eigenvalue weighted by atomic mass is 10.1. The van der Waals surface area contributed by atoms with Crippen LogP contribution in [0.2, 0.25) is 0 Å². The standard InChI is InChI=1S/C15H17ClN2S/c16-10-15-17-13-7-9-18(11-14(13)19-15)8-6-12-4-2-1-3-5-12/h1-5H,6-11H2. The highest BCUT2D eigenvalue weighted by molar-refractivity contribution is 7.11. The molecule has 0 aliphatic carbocycles. The molecule has 0 spiro atoms. The molecule has 0 saturated carbocycles. The third-order valence-electron chi connectivity index (χ3n) is 3.53. The Bertz CT molecular complexity index is 538. The fraction of sp³-hybridized carbons (Fsp3) is 0.400. The van der Waals surface area contributed by atoms with E-state index in [0.29, 0.717) is 5.88 Å². The summed E-state index contributed by atoms with van der Waals surface area (Å²) < 4.78 is 0. The Morgan fingerprint density at radius 3 is 2.89 bits per heavy atom. The molecule has 0 N–H and O–H groups in total. The summed E-state index contributed by atoms with van der Waals surface area (Å²) in [4.78, 5) is 8.51. The minimum atomic E-state index is 0.543.